The van der Waals surface area contributed by atoms with Gasteiger partial charge in [-0.05, 0) is 54.1 Å². The first-order valence-corrected chi connectivity index (χ1v) is 11.1. The molecule has 4 nitrogen and oxygen atoms in total. The molecule has 2 heterocycles. The molecule has 28 heavy (non-hydrogen) atoms. The van der Waals surface area contributed by atoms with Crippen molar-refractivity contribution >= 4 is 21.2 Å². The summed E-state index contributed by atoms with van der Waals surface area (Å²) in [6.07, 6.45) is 4.60. The van der Waals surface area contributed by atoms with Crippen LogP contribution in [0.4, 0.5) is 4.39 Å². The highest BCUT2D eigenvalue weighted by atomic mass is 32.2. The summed E-state index contributed by atoms with van der Waals surface area (Å²) in [5.74, 6) is -0.305. The number of halogens is 1. The molecule has 0 saturated heterocycles. The van der Waals surface area contributed by atoms with E-state index in [0.717, 1.165) is 32.3 Å². The summed E-state index contributed by atoms with van der Waals surface area (Å²) < 4.78 is 36.7. The van der Waals surface area contributed by atoms with E-state index in [1.165, 1.54) is 29.7 Å². The molecular weight excluding hydrogens is 395 g/mol. The van der Waals surface area contributed by atoms with E-state index in [1.54, 1.807) is 48.8 Å². The number of benzene rings is 2. The number of pyridine rings is 1. The summed E-state index contributed by atoms with van der Waals surface area (Å²) in [5.41, 5.74) is 3.34. The van der Waals surface area contributed by atoms with Gasteiger partial charge in [0.05, 0.1) is 15.5 Å². The fraction of sp³-hybridized carbons (Fsp3) is 0.0476. The number of thiazole rings is 1. The monoisotopic (exact) mass is 410 g/mol. The quantitative estimate of drug-likeness (QED) is 0.471. The van der Waals surface area contributed by atoms with Crippen LogP contribution in [-0.2, 0) is 9.84 Å². The van der Waals surface area contributed by atoms with Crippen LogP contribution in [0.5, 0.6) is 0 Å². The topological polar surface area (TPSA) is 59.9 Å². The summed E-state index contributed by atoms with van der Waals surface area (Å²) in [4.78, 5) is 10.0. The average Bonchev–Trinajstić information content (AvgIpc) is 3.14. The van der Waals surface area contributed by atoms with E-state index in [4.69, 9.17) is 4.98 Å². The molecule has 0 N–H and O–H groups in total. The van der Waals surface area contributed by atoms with Crippen molar-refractivity contribution in [2.45, 2.75) is 4.90 Å². The van der Waals surface area contributed by atoms with Gasteiger partial charge in [0.15, 0.2) is 9.84 Å². The molecule has 0 radical (unpaired) electrons. The second-order valence-corrected chi connectivity index (χ2v) is 9.25. The smallest absolute Gasteiger partial charge is 0.175 e. The van der Waals surface area contributed by atoms with E-state index in [-0.39, 0.29) is 10.7 Å². The van der Waals surface area contributed by atoms with Crippen LogP contribution in [0.1, 0.15) is 0 Å². The Kier molecular flexibility index (Phi) is 4.78. The van der Waals surface area contributed by atoms with Crippen LogP contribution in [0, 0.1) is 5.82 Å². The zero-order valence-electron chi connectivity index (χ0n) is 14.8. The first-order valence-electron chi connectivity index (χ1n) is 8.39. The fourth-order valence-corrected chi connectivity index (χ4v) is 4.52. The molecule has 4 rings (SSSR count). The SMILES string of the molecule is CS(=O)(=O)c1ccc(-c2nc(-c3ccc(F)cc3)c(-c3ccncc3)s2)cc1. The highest BCUT2D eigenvalue weighted by Gasteiger charge is 2.17. The van der Waals surface area contributed by atoms with Gasteiger partial charge in [-0.3, -0.25) is 4.98 Å². The summed E-state index contributed by atoms with van der Waals surface area (Å²) >= 11 is 1.50. The largest absolute Gasteiger partial charge is 0.265 e. The minimum atomic E-state index is -3.25. The van der Waals surface area contributed by atoms with E-state index in [0.29, 0.717) is 0 Å². The lowest BCUT2D eigenvalue weighted by Crippen LogP contribution is -1.96. The summed E-state index contributed by atoms with van der Waals surface area (Å²) in [6.45, 7) is 0. The number of aromatic nitrogens is 2. The number of hydrogen-bond acceptors (Lipinski definition) is 5. The second kappa shape index (κ2) is 7.26. The van der Waals surface area contributed by atoms with Crippen LogP contribution in [0.15, 0.2) is 78.0 Å². The molecule has 2 aromatic heterocycles. The molecule has 0 aliphatic carbocycles. The van der Waals surface area contributed by atoms with Gasteiger partial charge in [-0.1, -0.05) is 12.1 Å². The van der Waals surface area contributed by atoms with Gasteiger partial charge >= 0.3 is 0 Å². The molecule has 0 spiro atoms. The molecule has 4 aromatic rings. The van der Waals surface area contributed by atoms with Crippen molar-refractivity contribution in [3.8, 4) is 32.3 Å². The normalized spacial score (nSPS) is 11.5. The van der Waals surface area contributed by atoms with Crippen LogP contribution < -0.4 is 0 Å². The van der Waals surface area contributed by atoms with Crippen molar-refractivity contribution in [2.24, 2.45) is 0 Å². The molecule has 2 aromatic carbocycles. The molecule has 7 heteroatoms. The first kappa shape index (κ1) is 18.5. The van der Waals surface area contributed by atoms with Crippen molar-refractivity contribution in [1.29, 1.82) is 0 Å². The first-order chi connectivity index (χ1) is 13.4. The average molecular weight is 410 g/mol. The standard InChI is InChI=1S/C21H15FN2O2S2/c1-28(25,26)18-8-4-16(5-9-18)21-24-19(14-2-6-17(22)7-3-14)20(27-21)15-10-12-23-13-11-15/h2-13H,1H3. The lowest BCUT2D eigenvalue weighted by atomic mass is 10.1. The molecule has 0 atom stereocenters. The van der Waals surface area contributed by atoms with Gasteiger partial charge < -0.3 is 0 Å². The minimum Gasteiger partial charge on any atom is -0.265 e. The predicted octanol–water partition coefficient (Wildman–Crippen LogP) is 5.08. The Labute approximate surface area is 166 Å². The lowest BCUT2D eigenvalue weighted by molar-refractivity contribution is 0.602. The molecular formula is C21H15FN2O2S2. The third-order valence-electron chi connectivity index (χ3n) is 4.22. The van der Waals surface area contributed by atoms with Crippen LogP contribution >= 0.6 is 11.3 Å². The molecule has 0 aliphatic rings. The highest BCUT2D eigenvalue weighted by molar-refractivity contribution is 7.90. The highest BCUT2D eigenvalue weighted by Crippen LogP contribution is 2.40. The van der Waals surface area contributed by atoms with Crippen LogP contribution in [0.2, 0.25) is 0 Å². The van der Waals surface area contributed by atoms with Gasteiger partial charge in [0, 0.05) is 29.8 Å². The molecule has 0 saturated carbocycles. The zero-order valence-corrected chi connectivity index (χ0v) is 16.5. The maximum absolute atomic E-state index is 13.4. The Morgan fingerprint density at radius 3 is 2.04 bits per heavy atom. The van der Waals surface area contributed by atoms with E-state index < -0.39 is 9.84 Å². The van der Waals surface area contributed by atoms with Gasteiger partial charge in [0.1, 0.15) is 10.8 Å². The maximum Gasteiger partial charge on any atom is 0.175 e. The molecule has 0 fully saturated rings. The Morgan fingerprint density at radius 2 is 1.43 bits per heavy atom. The maximum atomic E-state index is 13.4. The van der Waals surface area contributed by atoms with Crippen LogP contribution in [-0.4, -0.2) is 24.6 Å². The number of hydrogen-bond donors (Lipinski definition) is 0. The van der Waals surface area contributed by atoms with E-state index in [1.807, 2.05) is 12.1 Å². The summed E-state index contributed by atoms with van der Waals surface area (Å²) in [5, 5.41) is 0.756. The summed E-state index contributed by atoms with van der Waals surface area (Å²) in [6, 6.07) is 16.7. The Bertz CT molecular complexity index is 1220. The molecule has 140 valence electrons. The third kappa shape index (κ3) is 3.72. The Morgan fingerprint density at radius 1 is 0.821 bits per heavy atom. The van der Waals surface area contributed by atoms with Gasteiger partial charge in [-0.25, -0.2) is 17.8 Å². The molecule has 0 bridgehead atoms. The summed E-state index contributed by atoms with van der Waals surface area (Å²) in [7, 11) is -3.25. The van der Waals surface area contributed by atoms with Gasteiger partial charge in [-0.15, -0.1) is 11.3 Å². The number of nitrogens with zero attached hydrogens (tertiary/aromatic N) is 2. The van der Waals surface area contributed by atoms with E-state index in [2.05, 4.69) is 4.98 Å². The van der Waals surface area contributed by atoms with E-state index in [9.17, 15) is 12.8 Å². The van der Waals surface area contributed by atoms with Gasteiger partial charge in [0.25, 0.3) is 0 Å². The van der Waals surface area contributed by atoms with Crippen molar-refractivity contribution in [3.63, 3.8) is 0 Å². The Balaban J connectivity index is 1.85. The van der Waals surface area contributed by atoms with Crippen LogP contribution in [0.25, 0.3) is 32.3 Å². The lowest BCUT2D eigenvalue weighted by Gasteiger charge is -2.02. The minimum absolute atomic E-state index is 0.265. The van der Waals surface area contributed by atoms with Crippen molar-refractivity contribution in [1.82, 2.24) is 9.97 Å². The van der Waals surface area contributed by atoms with Crippen molar-refractivity contribution in [3.05, 3.63) is 78.9 Å². The number of sulfone groups is 1. The van der Waals surface area contributed by atoms with E-state index >= 15 is 0 Å². The second-order valence-electron chi connectivity index (χ2n) is 6.24. The van der Waals surface area contributed by atoms with Gasteiger partial charge in [0.2, 0.25) is 0 Å². The molecule has 0 aliphatic heterocycles. The van der Waals surface area contributed by atoms with Gasteiger partial charge in [-0.2, -0.15) is 0 Å². The predicted molar refractivity (Wildman–Crippen MR) is 109 cm³/mol. The Hall–Kier alpha value is -2.90. The van der Waals surface area contributed by atoms with Crippen molar-refractivity contribution < 1.29 is 12.8 Å². The molecule has 0 amide bonds. The van der Waals surface area contributed by atoms with Crippen LogP contribution in [0.3, 0.4) is 0 Å². The fourth-order valence-electron chi connectivity index (χ4n) is 2.79. The zero-order chi connectivity index (χ0) is 19.7. The van der Waals surface area contributed by atoms with Crippen molar-refractivity contribution in [2.75, 3.05) is 6.26 Å². The number of rotatable bonds is 4. The molecule has 0 unspecified atom stereocenters. The third-order valence-corrected chi connectivity index (χ3v) is 6.50.